The molecule has 0 radical (unpaired) electrons. The Balaban J connectivity index is 1.63. The third-order valence-electron chi connectivity index (χ3n) is 7.76. The summed E-state index contributed by atoms with van der Waals surface area (Å²) in [5.74, 6) is 0. The summed E-state index contributed by atoms with van der Waals surface area (Å²) in [6.45, 7) is 6.71. The van der Waals surface area contributed by atoms with Gasteiger partial charge in [-0.2, -0.15) is 0 Å². The van der Waals surface area contributed by atoms with Gasteiger partial charge in [0.2, 0.25) is 0 Å². The van der Waals surface area contributed by atoms with E-state index in [1.807, 2.05) is 6.07 Å². The second kappa shape index (κ2) is 6.92. The van der Waals surface area contributed by atoms with E-state index in [2.05, 4.69) is 127 Å². The van der Waals surface area contributed by atoms with Crippen molar-refractivity contribution in [2.45, 2.75) is 26.4 Å². The van der Waals surface area contributed by atoms with Gasteiger partial charge < -0.3 is 18.8 Å². The van der Waals surface area contributed by atoms with Gasteiger partial charge in [-0.3, -0.25) is 0 Å². The average molecular weight is 458 g/mol. The lowest BCUT2D eigenvalue weighted by Crippen LogP contribution is -2.46. The number of aromatic nitrogens is 1. The van der Waals surface area contributed by atoms with Gasteiger partial charge in [0.25, 0.3) is 0 Å². The van der Waals surface area contributed by atoms with Crippen LogP contribution in [0.15, 0.2) is 95.7 Å². The molecule has 172 valence electrons. The first-order chi connectivity index (χ1) is 16.9. The van der Waals surface area contributed by atoms with Crippen molar-refractivity contribution in [1.29, 1.82) is 0 Å². The number of fused-ring (bicyclic) bond motifs is 7. The Morgan fingerprint density at radius 2 is 1.49 bits per heavy atom. The normalized spacial score (nSPS) is 15.4. The zero-order valence-electron chi connectivity index (χ0n) is 20.4. The summed E-state index contributed by atoms with van der Waals surface area (Å²) in [5.41, 5.74) is 7.62. The Hall–Kier alpha value is -4.18. The van der Waals surface area contributed by atoms with Crippen molar-refractivity contribution in [3.05, 3.63) is 96.8 Å². The second-order valence-corrected chi connectivity index (χ2v) is 10.0. The van der Waals surface area contributed by atoms with E-state index in [9.17, 15) is 0 Å². The van der Waals surface area contributed by atoms with Crippen LogP contribution in [0.5, 0.6) is 0 Å². The molecule has 4 heteroatoms. The van der Waals surface area contributed by atoms with Crippen LogP contribution in [-0.4, -0.2) is 22.2 Å². The Bertz CT molecular complexity index is 1800. The maximum Gasteiger partial charge on any atom is 0.160 e. The van der Waals surface area contributed by atoms with Crippen LogP contribution in [0.25, 0.3) is 49.4 Å². The molecule has 0 aliphatic carbocycles. The number of hydrogen-bond donors (Lipinski definition) is 0. The predicted octanol–water partition coefficient (Wildman–Crippen LogP) is 7.95. The lowest BCUT2D eigenvalue weighted by atomic mass is 10.0. The van der Waals surface area contributed by atoms with E-state index >= 15 is 0 Å². The highest BCUT2D eigenvalue weighted by molar-refractivity contribution is 6.22. The van der Waals surface area contributed by atoms with Crippen LogP contribution in [-0.2, 0) is 0 Å². The average Bonchev–Trinajstić information content (AvgIpc) is 3.48. The van der Waals surface area contributed by atoms with Crippen LogP contribution < -0.4 is 4.90 Å². The topological polar surface area (TPSA) is 24.6 Å². The summed E-state index contributed by atoms with van der Waals surface area (Å²) in [7, 11) is 2.13. The molecule has 0 fully saturated rings. The fourth-order valence-electron chi connectivity index (χ4n) is 5.60. The monoisotopic (exact) mass is 457 g/mol. The van der Waals surface area contributed by atoms with Gasteiger partial charge in [0.05, 0.1) is 11.0 Å². The molecule has 0 saturated heterocycles. The van der Waals surface area contributed by atoms with Crippen molar-refractivity contribution < 1.29 is 4.42 Å². The van der Waals surface area contributed by atoms with E-state index < -0.39 is 0 Å². The number of benzene rings is 4. The molecule has 0 amide bonds. The van der Waals surface area contributed by atoms with Gasteiger partial charge in [0, 0.05) is 52.4 Å². The molecule has 0 bridgehead atoms. The smallest absolute Gasteiger partial charge is 0.160 e. The van der Waals surface area contributed by atoms with E-state index in [0.29, 0.717) is 0 Å². The summed E-state index contributed by atoms with van der Waals surface area (Å²) in [4.78, 5) is 4.62. The van der Waals surface area contributed by atoms with E-state index in [1.165, 1.54) is 27.5 Å². The lowest BCUT2D eigenvalue weighted by molar-refractivity contribution is 0.253. The van der Waals surface area contributed by atoms with Crippen molar-refractivity contribution in [2.24, 2.45) is 0 Å². The predicted molar refractivity (Wildman–Crippen MR) is 146 cm³/mol. The number of para-hydroxylation sites is 2. The molecule has 0 unspecified atom stereocenters. The lowest BCUT2D eigenvalue weighted by Gasteiger charge is -2.39. The van der Waals surface area contributed by atoms with Gasteiger partial charge in [0.1, 0.15) is 11.2 Å². The second-order valence-electron chi connectivity index (χ2n) is 10.0. The number of furan rings is 1. The standard InChI is InChI=1S/C31H27N3O/c1-20-18-27-25(19-26(20)33-17-16-32(4)31(33,2)3)23-14-15-24-22-12-8-9-13-28(22)35-30(24)29(23)34(27)21-10-6-5-7-11-21/h5-19H,1-4H3. The van der Waals surface area contributed by atoms with Crippen molar-refractivity contribution in [2.75, 3.05) is 11.9 Å². The Labute approximate surface area is 204 Å². The fraction of sp³-hybridized carbons (Fsp3) is 0.161. The summed E-state index contributed by atoms with van der Waals surface area (Å²) in [5, 5.41) is 4.73. The number of hydrogen-bond acceptors (Lipinski definition) is 3. The minimum atomic E-state index is -0.137. The first kappa shape index (κ1) is 20.2. The number of nitrogens with zero attached hydrogens (tertiary/aromatic N) is 3. The van der Waals surface area contributed by atoms with Gasteiger partial charge in [-0.05, 0) is 62.7 Å². The molecule has 1 aliphatic heterocycles. The third-order valence-corrected chi connectivity index (χ3v) is 7.76. The summed E-state index contributed by atoms with van der Waals surface area (Å²) in [6, 6.07) is 28.1. The molecule has 7 rings (SSSR count). The largest absolute Gasteiger partial charge is 0.454 e. The van der Waals surface area contributed by atoms with Crippen molar-refractivity contribution >= 4 is 49.4 Å². The quantitative estimate of drug-likeness (QED) is 0.264. The van der Waals surface area contributed by atoms with Crippen LogP contribution >= 0.6 is 0 Å². The first-order valence-corrected chi connectivity index (χ1v) is 12.1. The highest BCUT2D eigenvalue weighted by atomic mass is 16.3. The molecule has 35 heavy (non-hydrogen) atoms. The van der Waals surface area contributed by atoms with E-state index in [1.54, 1.807) is 0 Å². The van der Waals surface area contributed by atoms with E-state index in [4.69, 9.17) is 4.42 Å². The van der Waals surface area contributed by atoms with Crippen LogP contribution in [0.4, 0.5) is 5.69 Å². The molecule has 1 aliphatic rings. The van der Waals surface area contributed by atoms with E-state index in [-0.39, 0.29) is 5.66 Å². The van der Waals surface area contributed by atoms with Crippen molar-refractivity contribution in [3.8, 4) is 5.69 Å². The molecule has 3 heterocycles. The minimum Gasteiger partial charge on any atom is -0.454 e. The zero-order valence-corrected chi connectivity index (χ0v) is 20.4. The van der Waals surface area contributed by atoms with Gasteiger partial charge >= 0.3 is 0 Å². The van der Waals surface area contributed by atoms with E-state index in [0.717, 1.165) is 33.1 Å². The zero-order chi connectivity index (χ0) is 23.9. The number of aryl methyl sites for hydroxylation is 1. The van der Waals surface area contributed by atoms with Crippen molar-refractivity contribution in [1.82, 2.24) is 9.47 Å². The molecule has 2 aromatic heterocycles. The van der Waals surface area contributed by atoms with Gasteiger partial charge in [0.15, 0.2) is 5.58 Å². The summed E-state index contributed by atoms with van der Waals surface area (Å²) < 4.78 is 8.88. The Kier molecular flexibility index (Phi) is 4.00. The fourth-order valence-corrected chi connectivity index (χ4v) is 5.60. The summed E-state index contributed by atoms with van der Waals surface area (Å²) >= 11 is 0. The van der Waals surface area contributed by atoms with Crippen LogP contribution in [0.2, 0.25) is 0 Å². The van der Waals surface area contributed by atoms with Gasteiger partial charge in [-0.1, -0.05) is 42.5 Å². The molecule has 0 atom stereocenters. The summed E-state index contributed by atoms with van der Waals surface area (Å²) in [6.07, 6.45) is 4.33. The van der Waals surface area contributed by atoms with Gasteiger partial charge in [-0.15, -0.1) is 0 Å². The molecular weight excluding hydrogens is 430 g/mol. The van der Waals surface area contributed by atoms with Crippen LogP contribution in [0.3, 0.4) is 0 Å². The first-order valence-electron chi connectivity index (χ1n) is 12.1. The highest BCUT2D eigenvalue weighted by Crippen LogP contribution is 2.43. The highest BCUT2D eigenvalue weighted by Gasteiger charge is 2.34. The SMILES string of the molecule is Cc1cc2c(cc1N1C=CN(C)C1(C)C)c1ccc3c4ccccc4oc3c1n2-c1ccccc1. The number of rotatable bonds is 2. The maximum atomic E-state index is 6.52. The third kappa shape index (κ3) is 2.68. The molecule has 4 nitrogen and oxygen atoms in total. The van der Waals surface area contributed by atoms with Crippen LogP contribution in [0.1, 0.15) is 19.4 Å². The Morgan fingerprint density at radius 1 is 0.743 bits per heavy atom. The maximum absolute atomic E-state index is 6.52. The molecule has 0 N–H and O–H groups in total. The minimum absolute atomic E-state index is 0.137. The molecule has 0 saturated carbocycles. The van der Waals surface area contributed by atoms with Crippen LogP contribution in [0, 0.1) is 6.92 Å². The van der Waals surface area contributed by atoms with Gasteiger partial charge in [-0.25, -0.2) is 0 Å². The Morgan fingerprint density at radius 3 is 2.26 bits per heavy atom. The molecular formula is C31H27N3O. The van der Waals surface area contributed by atoms with Crippen molar-refractivity contribution in [3.63, 3.8) is 0 Å². The molecule has 4 aromatic carbocycles. The molecule has 0 spiro atoms. The molecule has 6 aromatic rings. The number of anilines is 1.